The van der Waals surface area contributed by atoms with Gasteiger partial charge in [0.15, 0.2) is 0 Å². The first-order valence-corrected chi connectivity index (χ1v) is 10.3. The molecule has 0 bridgehead atoms. The van der Waals surface area contributed by atoms with Gasteiger partial charge in [0.2, 0.25) is 15.9 Å². The van der Waals surface area contributed by atoms with Crippen molar-refractivity contribution in [3.63, 3.8) is 0 Å². The van der Waals surface area contributed by atoms with Crippen molar-refractivity contribution in [3.05, 3.63) is 24.3 Å². The van der Waals surface area contributed by atoms with Gasteiger partial charge in [-0.05, 0) is 31.0 Å². The van der Waals surface area contributed by atoms with Gasteiger partial charge in [-0.2, -0.15) is 4.31 Å². The molecule has 2 rings (SSSR count). The van der Waals surface area contributed by atoms with Crippen LogP contribution in [0.2, 0.25) is 0 Å². The van der Waals surface area contributed by atoms with E-state index in [9.17, 15) is 18.0 Å². The fourth-order valence-electron chi connectivity index (χ4n) is 2.68. The molecule has 1 fully saturated rings. The van der Waals surface area contributed by atoms with E-state index in [0.717, 1.165) is 19.3 Å². The minimum Gasteiger partial charge on any atom is -0.383 e. The lowest BCUT2D eigenvalue weighted by Crippen LogP contribution is -2.43. The molecule has 1 aromatic carbocycles. The van der Waals surface area contributed by atoms with Gasteiger partial charge >= 0.3 is 6.03 Å². The zero-order chi connectivity index (χ0) is 19.7. The van der Waals surface area contributed by atoms with Crippen LogP contribution in [0.1, 0.15) is 19.3 Å². The molecule has 27 heavy (non-hydrogen) atoms. The maximum Gasteiger partial charge on any atom is 0.321 e. The standard InChI is InChI=1S/C17H26N4O5S/c1-26-11-8-18-17(23)20-16(22)13-19-14-6-5-7-15(12-14)27(24,25)21-9-3-2-4-10-21/h5-7,12,19H,2-4,8-11,13H2,1H3,(H2,18,20,22,23). The largest absolute Gasteiger partial charge is 0.383 e. The summed E-state index contributed by atoms with van der Waals surface area (Å²) in [7, 11) is -2.03. The number of sulfonamides is 1. The van der Waals surface area contributed by atoms with Crippen molar-refractivity contribution in [2.75, 3.05) is 45.2 Å². The summed E-state index contributed by atoms with van der Waals surface area (Å²) in [4.78, 5) is 23.5. The normalized spacial score (nSPS) is 15.1. The van der Waals surface area contributed by atoms with E-state index in [4.69, 9.17) is 4.74 Å². The number of carbonyl (C=O) groups excluding carboxylic acids is 2. The van der Waals surface area contributed by atoms with Gasteiger partial charge < -0.3 is 15.4 Å². The number of anilines is 1. The summed E-state index contributed by atoms with van der Waals surface area (Å²) in [5.41, 5.74) is 0.489. The molecule has 1 aromatic rings. The molecule has 0 aliphatic carbocycles. The summed E-state index contributed by atoms with van der Waals surface area (Å²) in [6, 6.07) is 5.71. The Morgan fingerprint density at radius 3 is 2.63 bits per heavy atom. The predicted molar refractivity (Wildman–Crippen MR) is 101 cm³/mol. The Balaban J connectivity index is 1.90. The number of urea groups is 1. The Labute approximate surface area is 159 Å². The minimum absolute atomic E-state index is 0.162. The van der Waals surface area contributed by atoms with Crippen LogP contribution in [0.25, 0.3) is 0 Å². The average molecular weight is 398 g/mol. The van der Waals surface area contributed by atoms with Crippen LogP contribution in [0, 0.1) is 0 Å². The fraction of sp³-hybridized carbons (Fsp3) is 0.529. The zero-order valence-electron chi connectivity index (χ0n) is 15.4. The van der Waals surface area contributed by atoms with Crippen LogP contribution in [0.4, 0.5) is 10.5 Å². The molecule has 0 spiro atoms. The third-order valence-corrected chi connectivity index (χ3v) is 5.98. The molecule has 1 aliphatic heterocycles. The number of hydrogen-bond donors (Lipinski definition) is 3. The third kappa shape index (κ3) is 6.49. The quantitative estimate of drug-likeness (QED) is 0.556. The Morgan fingerprint density at radius 2 is 1.93 bits per heavy atom. The molecular weight excluding hydrogens is 372 g/mol. The van der Waals surface area contributed by atoms with Gasteiger partial charge in [-0.15, -0.1) is 0 Å². The molecule has 0 atom stereocenters. The smallest absolute Gasteiger partial charge is 0.321 e. The van der Waals surface area contributed by atoms with Crippen LogP contribution in [-0.4, -0.2) is 64.6 Å². The topological polar surface area (TPSA) is 117 Å². The highest BCUT2D eigenvalue weighted by Crippen LogP contribution is 2.22. The second kappa shape index (κ2) is 10.2. The third-order valence-electron chi connectivity index (χ3n) is 4.08. The van der Waals surface area contributed by atoms with E-state index in [0.29, 0.717) is 31.9 Å². The van der Waals surface area contributed by atoms with Gasteiger partial charge in [0, 0.05) is 32.4 Å². The van der Waals surface area contributed by atoms with E-state index < -0.39 is 22.0 Å². The highest BCUT2D eigenvalue weighted by Gasteiger charge is 2.25. The van der Waals surface area contributed by atoms with Gasteiger partial charge in [-0.1, -0.05) is 12.5 Å². The molecule has 1 aliphatic rings. The van der Waals surface area contributed by atoms with E-state index in [2.05, 4.69) is 16.0 Å². The first-order chi connectivity index (χ1) is 12.9. The second-order valence-corrected chi connectivity index (χ2v) is 8.08. The van der Waals surface area contributed by atoms with E-state index >= 15 is 0 Å². The summed E-state index contributed by atoms with van der Waals surface area (Å²) < 4.78 is 31.7. The molecule has 150 valence electrons. The lowest BCUT2D eigenvalue weighted by molar-refractivity contribution is -0.118. The van der Waals surface area contributed by atoms with Crippen LogP contribution in [-0.2, 0) is 19.6 Å². The monoisotopic (exact) mass is 398 g/mol. The van der Waals surface area contributed by atoms with Crippen molar-refractivity contribution in [2.45, 2.75) is 24.2 Å². The van der Waals surface area contributed by atoms with E-state index in [1.165, 1.54) is 17.5 Å². The highest BCUT2D eigenvalue weighted by atomic mass is 32.2. The molecule has 9 nitrogen and oxygen atoms in total. The number of nitrogens with zero attached hydrogens (tertiary/aromatic N) is 1. The number of amides is 3. The number of ether oxygens (including phenoxy) is 1. The number of benzene rings is 1. The van der Waals surface area contributed by atoms with Crippen molar-refractivity contribution in [1.82, 2.24) is 14.9 Å². The van der Waals surface area contributed by atoms with Crippen LogP contribution >= 0.6 is 0 Å². The molecule has 0 saturated carbocycles. The van der Waals surface area contributed by atoms with E-state index in [1.807, 2.05) is 0 Å². The summed E-state index contributed by atoms with van der Waals surface area (Å²) in [6.07, 6.45) is 2.77. The van der Waals surface area contributed by atoms with Gasteiger partial charge in [-0.3, -0.25) is 10.1 Å². The van der Waals surface area contributed by atoms with Gasteiger partial charge in [0.25, 0.3) is 0 Å². The lowest BCUT2D eigenvalue weighted by Gasteiger charge is -2.26. The second-order valence-electron chi connectivity index (χ2n) is 6.14. The summed E-state index contributed by atoms with van der Waals surface area (Å²) in [6.45, 7) is 1.53. The molecule has 3 N–H and O–H groups in total. The first kappa shape index (κ1) is 21.1. The Morgan fingerprint density at radius 1 is 1.19 bits per heavy atom. The molecule has 0 aromatic heterocycles. The van der Waals surface area contributed by atoms with Crippen molar-refractivity contribution < 1.29 is 22.7 Å². The SMILES string of the molecule is COCCNC(=O)NC(=O)CNc1cccc(S(=O)(=O)N2CCCCC2)c1. The average Bonchev–Trinajstić information content (AvgIpc) is 2.67. The van der Waals surface area contributed by atoms with E-state index in [1.54, 1.807) is 18.2 Å². The maximum absolute atomic E-state index is 12.7. The maximum atomic E-state index is 12.7. The molecule has 0 unspecified atom stereocenters. The molecule has 1 saturated heterocycles. The summed E-state index contributed by atoms with van der Waals surface area (Å²) in [5, 5.41) is 7.47. The molecule has 1 heterocycles. The number of carbonyl (C=O) groups is 2. The Bertz CT molecular complexity index is 747. The molecule has 0 radical (unpaired) electrons. The van der Waals surface area contributed by atoms with Crippen LogP contribution in [0.15, 0.2) is 29.2 Å². The number of piperidine rings is 1. The first-order valence-electron chi connectivity index (χ1n) is 8.84. The Hall–Kier alpha value is -2.17. The number of imide groups is 1. The molecular formula is C17H26N4O5S. The van der Waals surface area contributed by atoms with Gasteiger partial charge in [0.1, 0.15) is 0 Å². The van der Waals surface area contributed by atoms with Crippen LogP contribution < -0.4 is 16.0 Å². The zero-order valence-corrected chi connectivity index (χ0v) is 16.2. The van der Waals surface area contributed by atoms with Crippen molar-refractivity contribution in [2.24, 2.45) is 0 Å². The van der Waals surface area contributed by atoms with Gasteiger partial charge in [-0.25, -0.2) is 13.2 Å². The van der Waals surface area contributed by atoms with E-state index in [-0.39, 0.29) is 11.4 Å². The van der Waals surface area contributed by atoms with Crippen molar-refractivity contribution in [3.8, 4) is 0 Å². The number of methoxy groups -OCH3 is 1. The minimum atomic E-state index is -3.54. The number of hydrogen-bond acceptors (Lipinski definition) is 6. The molecule has 3 amide bonds. The number of nitrogens with one attached hydrogen (secondary N) is 3. The fourth-order valence-corrected chi connectivity index (χ4v) is 4.25. The summed E-state index contributed by atoms with van der Waals surface area (Å²) in [5.74, 6) is -0.533. The van der Waals surface area contributed by atoms with Crippen molar-refractivity contribution in [1.29, 1.82) is 0 Å². The number of rotatable bonds is 8. The van der Waals surface area contributed by atoms with Crippen LogP contribution in [0.3, 0.4) is 0 Å². The summed E-state index contributed by atoms with van der Waals surface area (Å²) >= 11 is 0. The van der Waals surface area contributed by atoms with Crippen molar-refractivity contribution >= 4 is 27.6 Å². The van der Waals surface area contributed by atoms with Gasteiger partial charge in [0.05, 0.1) is 18.0 Å². The lowest BCUT2D eigenvalue weighted by atomic mass is 10.2. The predicted octanol–water partition coefficient (Wildman–Crippen LogP) is 0.745. The van der Waals surface area contributed by atoms with Crippen LogP contribution in [0.5, 0.6) is 0 Å². The molecule has 10 heteroatoms. The Kier molecular flexibility index (Phi) is 8.01. The highest BCUT2D eigenvalue weighted by molar-refractivity contribution is 7.89.